The number of hydrogen-bond donors (Lipinski definition) is 1. The van der Waals surface area contributed by atoms with Crippen LogP contribution < -0.4 is 0 Å². The molecule has 5 rings (SSSR count). The van der Waals surface area contributed by atoms with Crippen molar-refractivity contribution < 1.29 is 17.6 Å². The summed E-state index contributed by atoms with van der Waals surface area (Å²) in [5.41, 5.74) is 1.27. The van der Waals surface area contributed by atoms with Crippen LogP contribution in [0.4, 0.5) is 17.6 Å². The van der Waals surface area contributed by atoms with E-state index in [-0.39, 0.29) is 5.52 Å². The molecule has 0 fully saturated rings. The van der Waals surface area contributed by atoms with Crippen molar-refractivity contribution >= 4 is 16.6 Å². The van der Waals surface area contributed by atoms with E-state index < -0.39 is 17.6 Å². The molecule has 0 radical (unpaired) electrons. The van der Waals surface area contributed by atoms with Gasteiger partial charge in [-0.05, 0) is 42.5 Å². The summed E-state index contributed by atoms with van der Waals surface area (Å²) in [5, 5.41) is 0. The fourth-order valence-electron chi connectivity index (χ4n) is 3.34. The van der Waals surface area contributed by atoms with Crippen molar-refractivity contribution in [2.75, 3.05) is 0 Å². The first kappa shape index (κ1) is 17.4. The van der Waals surface area contributed by atoms with E-state index >= 15 is 0 Å². The van der Waals surface area contributed by atoms with Crippen molar-refractivity contribution in [1.82, 2.24) is 19.4 Å². The summed E-state index contributed by atoms with van der Waals surface area (Å²) in [6.07, 6.45) is -2.70. The average molecular weight is 396 g/mol. The van der Waals surface area contributed by atoms with Crippen LogP contribution in [0.1, 0.15) is 5.56 Å². The standard InChI is InChI=1S/C21H12F4N4/c22-14-6-2-1-5-13(14)20-28-18(17-7-3-4-10-29(17)20)19-26-15-9-8-12(21(23,24)25)11-16(15)27-19/h1-11H,(H,26,27). The van der Waals surface area contributed by atoms with Crippen molar-refractivity contribution in [2.24, 2.45) is 0 Å². The Hall–Kier alpha value is -3.68. The number of nitrogens with zero attached hydrogens (tertiary/aromatic N) is 3. The Labute approximate surface area is 161 Å². The molecule has 5 aromatic rings. The number of hydrogen-bond acceptors (Lipinski definition) is 2. The van der Waals surface area contributed by atoms with Crippen LogP contribution in [-0.4, -0.2) is 19.4 Å². The van der Waals surface area contributed by atoms with Gasteiger partial charge in [0.1, 0.15) is 17.3 Å². The molecule has 0 unspecified atom stereocenters. The van der Waals surface area contributed by atoms with Crippen molar-refractivity contribution in [3.05, 3.63) is 78.2 Å². The number of rotatable bonds is 2. The van der Waals surface area contributed by atoms with Crippen LogP contribution in [0, 0.1) is 5.82 Å². The molecule has 2 aromatic carbocycles. The molecule has 0 aliphatic heterocycles. The molecule has 0 spiro atoms. The van der Waals surface area contributed by atoms with Crippen molar-refractivity contribution in [1.29, 1.82) is 0 Å². The van der Waals surface area contributed by atoms with Gasteiger partial charge in [0.25, 0.3) is 0 Å². The van der Waals surface area contributed by atoms with E-state index in [2.05, 4.69) is 15.0 Å². The highest BCUT2D eigenvalue weighted by atomic mass is 19.4. The Bertz CT molecular complexity index is 1360. The largest absolute Gasteiger partial charge is 0.416 e. The highest BCUT2D eigenvalue weighted by molar-refractivity contribution is 5.85. The Morgan fingerprint density at radius 2 is 1.69 bits per heavy atom. The molecule has 4 nitrogen and oxygen atoms in total. The molecule has 3 heterocycles. The smallest absolute Gasteiger partial charge is 0.337 e. The van der Waals surface area contributed by atoms with Gasteiger partial charge in [0.15, 0.2) is 5.82 Å². The number of pyridine rings is 1. The van der Waals surface area contributed by atoms with Crippen LogP contribution >= 0.6 is 0 Å². The van der Waals surface area contributed by atoms with Gasteiger partial charge in [-0.3, -0.25) is 4.40 Å². The lowest BCUT2D eigenvalue weighted by atomic mass is 10.2. The van der Waals surface area contributed by atoms with Crippen LogP contribution in [0.15, 0.2) is 66.9 Å². The third kappa shape index (κ3) is 2.84. The van der Waals surface area contributed by atoms with Gasteiger partial charge in [0.2, 0.25) is 0 Å². The Morgan fingerprint density at radius 1 is 0.897 bits per heavy atom. The molecule has 144 valence electrons. The molecule has 0 aliphatic rings. The van der Waals surface area contributed by atoms with Crippen LogP contribution in [-0.2, 0) is 6.18 Å². The van der Waals surface area contributed by atoms with E-state index in [9.17, 15) is 17.6 Å². The average Bonchev–Trinajstić information content (AvgIpc) is 3.28. The molecular formula is C21H12F4N4. The molecule has 0 saturated carbocycles. The third-order valence-corrected chi connectivity index (χ3v) is 4.70. The van der Waals surface area contributed by atoms with Gasteiger partial charge in [-0.2, -0.15) is 13.2 Å². The topological polar surface area (TPSA) is 46.0 Å². The van der Waals surface area contributed by atoms with E-state index in [1.54, 1.807) is 47.0 Å². The van der Waals surface area contributed by atoms with E-state index in [0.717, 1.165) is 12.1 Å². The second-order valence-electron chi connectivity index (χ2n) is 6.53. The highest BCUT2D eigenvalue weighted by Gasteiger charge is 2.31. The molecule has 0 atom stereocenters. The highest BCUT2D eigenvalue weighted by Crippen LogP contribution is 2.33. The first-order valence-corrected chi connectivity index (χ1v) is 8.71. The van der Waals surface area contributed by atoms with Crippen LogP contribution in [0.25, 0.3) is 39.5 Å². The van der Waals surface area contributed by atoms with Gasteiger partial charge in [0, 0.05) is 6.20 Å². The summed E-state index contributed by atoms with van der Waals surface area (Å²) in [6.45, 7) is 0. The van der Waals surface area contributed by atoms with Gasteiger partial charge in [-0.1, -0.05) is 18.2 Å². The first-order valence-electron chi connectivity index (χ1n) is 8.71. The summed E-state index contributed by atoms with van der Waals surface area (Å²) >= 11 is 0. The lowest BCUT2D eigenvalue weighted by Gasteiger charge is -2.05. The number of halogens is 4. The summed E-state index contributed by atoms with van der Waals surface area (Å²) in [5.74, 6) is 0.268. The number of benzene rings is 2. The Morgan fingerprint density at radius 3 is 2.48 bits per heavy atom. The van der Waals surface area contributed by atoms with Crippen molar-refractivity contribution in [2.45, 2.75) is 6.18 Å². The first-order chi connectivity index (χ1) is 13.9. The quantitative estimate of drug-likeness (QED) is 0.389. The van der Waals surface area contributed by atoms with Crippen LogP contribution in [0.5, 0.6) is 0 Å². The molecule has 29 heavy (non-hydrogen) atoms. The zero-order chi connectivity index (χ0) is 20.2. The number of imidazole rings is 2. The van der Waals surface area contributed by atoms with E-state index in [0.29, 0.717) is 33.9 Å². The Kier molecular flexibility index (Phi) is 3.70. The van der Waals surface area contributed by atoms with E-state index in [4.69, 9.17) is 0 Å². The number of aromatic nitrogens is 4. The SMILES string of the molecule is Fc1ccccc1-c1nc(-c2nc3ccc(C(F)(F)F)cc3[nH]2)c2ccccn12. The second-order valence-corrected chi connectivity index (χ2v) is 6.53. The lowest BCUT2D eigenvalue weighted by molar-refractivity contribution is -0.137. The minimum atomic E-state index is -4.45. The Balaban J connectivity index is 1.73. The number of H-pyrrole nitrogens is 1. The molecule has 0 saturated heterocycles. The lowest BCUT2D eigenvalue weighted by Crippen LogP contribution is -2.04. The van der Waals surface area contributed by atoms with Crippen LogP contribution in [0.2, 0.25) is 0 Å². The van der Waals surface area contributed by atoms with Gasteiger partial charge in [0.05, 0.1) is 27.7 Å². The maximum atomic E-state index is 14.4. The van der Waals surface area contributed by atoms with Gasteiger partial charge >= 0.3 is 6.18 Å². The minimum Gasteiger partial charge on any atom is -0.337 e. The molecule has 3 aromatic heterocycles. The maximum Gasteiger partial charge on any atom is 0.416 e. The summed E-state index contributed by atoms with van der Waals surface area (Å²) in [4.78, 5) is 11.9. The minimum absolute atomic E-state index is 0.249. The van der Waals surface area contributed by atoms with Gasteiger partial charge in [-0.15, -0.1) is 0 Å². The fourth-order valence-corrected chi connectivity index (χ4v) is 3.34. The maximum absolute atomic E-state index is 14.4. The number of nitrogens with one attached hydrogen (secondary N) is 1. The van der Waals surface area contributed by atoms with E-state index in [1.165, 1.54) is 12.1 Å². The summed E-state index contributed by atoms with van der Waals surface area (Å²) in [7, 11) is 0. The van der Waals surface area contributed by atoms with Crippen molar-refractivity contribution in [3.63, 3.8) is 0 Å². The molecule has 0 bridgehead atoms. The zero-order valence-corrected chi connectivity index (χ0v) is 14.7. The predicted octanol–water partition coefficient (Wildman–Crippen LogP) is 5.70. The molecule has 0 aliphatic carbocycles. The predicted molar refractivity (Wildman–Crippen MR) is 101 cm³/mol. The number of aromatic amines is 1. The van der Waals surface area contributed by atoms with Crippen molar-refractivity contribution in [3.8, 4) is 22.9 Å². The van der Waals surface area contributed by atoms with Gasteiger partial charge in [-0.25, -0.2) is 14.4 Å². The summed E-state index contributed by atoms with van der Waals surface area (Å²) < 4.78 is 55.1. The fraction of sp³-hybridized carbons (Fsp3) is 0.0476. The normalized spacial score (nSPS) is 12.1. The van der Waals surface area contributed by atoms with E-state index in [1.807, 2.05) is 0 Å². The molecule has 0 amide bonds. The molecule has 8 heteroatoms. The third-order valence-electron chi connectivity index (χ3n) is 4.70. The summed E-state index contributed by atoms with van der Waals surface area (Å²) in [6, 6.07) is 15.0. The van der Waals surface area contributed by atoms with Gasteiger partial charge < -0.3 is 4.98 Å². The molecular weight excluding hydrogens is 384 g/mol. The number of alkyl halides is 3. The monoisotopic (exact) mass is 396 g/mol. The number of fused-ring (bicyclic) bond motifs is 2. The second kappa shape index (κ2) is 6.16. The van der Waals surface area contributed by atoms with Crippen LogP contribution in [0.3, 0.4) is 0 Å². The zero-order valence-electron chi connectivity index (χ0n) is 14.7. The molecule has 1 N–H and O–H groups in total.